The van der Waals surface area contributed by atoms with E-state index >= 15 is 0 Å². The second-order valence-electron chi connectivity index (χ2n) is 4.07. The van der Waals surface area contributed by atoms with Crippen LogP contribution in [0.3, 0.4) is 0 Å². The van der Waals surface area contributed by atoms with E-state index in [9.17, 15) is 0 Å². The summed E-state index contributed by atoms with van der Waals surface area (Å²) in [6.07, 6.45) is 4.62. The molecule has 1 N–H and O–H groups in total. The van der Waals surface area contributed by atoms with Crippen molar-refractivity contribution in [2.75, 3.05) is 19.0 Å². The molecular weight excluding hydrogens is 174 g/mol. The summed E-state index contributed by atoms with van der Waals surface area (Å²) in [4.78, 5) is 6.37. The van der Waals surface area contributed by atoms with E-state index in [0.717, 1.165) is 18.4 Å². The number of anilines is 1. The molecule has 0 aromatic carbocycles. The van der Waals surface area contributed by atoms with Crippen LogP contribution in [0.2, 0.25) is 0 Å². The van der Waals surface area contributed by atoms with Crippen molar-refractivity contribution in [3.05, 3.63) is 23.9 Å². The Morgan fingerprint density at radius 1 is 1.43 bits per heavy atom. The first-order valence-corrected chi connectivity index (χ1v) is 5.11. The van der Waals surface area contributed by atoms with Gasteiger partial charge in [0.2, 0.25) is 0 Å². The third kappa shape index (κ3) is 2.45. The molecule has 1 aliphatic carbocycles. The van der Waals surface area contributed by atoms with Crippen LogP contribution in [-0.4, -0.2) is 25.1 Å². The van der Waals surface area contributed by atoms with E-state index in [1.165, 1.54) is 18.4 Å². The summed E-state index contributed by atoms with van der Waals surface area (Å²) in [5.41, 5.74) is 1.27. The van der Waals surface area contributed by atoms with Crippen molar-refractivity contribution in [1.82, 2.24) is 10.3 Å². The standard InChI is InChI=1S/C11H17N3/c1-14(2)11-6-3-9(8-13-11)7-12-10-4-5-10/h3,6,8,10,12H,4-5,7H2,1-2H3. The summed E-state index contributed by atoms with van der Waals surface area (Å²) < 4.78 is 0. The molecule has 0 aliphatic heterocycles. The lowest BCUT2D eigenvalue weighted by molar-refractivity contribution is 0.686. The van der Waals surface area contributed by atoms with Crippen molar-refractivity contribution in [3.63, 3.8) is 0 Å². The molecule has 1 saturated carbocycles. The van der Waals surface area contributed by atoms with Gasteiger partial charge in [-0.15, -0.1) is 0 Å². The Morgan fingerprint density at radius 2 is 2.21 bits per heavy atom. The van der Waals surface area contributed by atoms with Crippen molar-refractivity contribution in [2.24, 2.45) is 0 Å². The molecule has 3 heteroatoms. The second kappa shape index (κ2) is 3.96. The van der Waals surface area contributed by atoms with Crippen LogP contribution in [0.15, 0.2) is 18.3 Å². The van der Waals surface area contributed by atoms with Crippen molar-refractivity contribution in [3.8, 4) is 0 Å². The molecule has 0 unspecified atom stereocenters. The number of hydrogen-bond acceptors (Lipinski definition) is 3. The zero-order valence-electron chi connectivity index (χ0n) is 8.83. The average Bonchev–Trinajstić information content (AvgIpc) is 2.99. The summed E-state index contributed by atoms with van der Waals surface area (Å²) in [5, 5.41) is 3.47. The quantitative estimate of drug-likeness (QED) is 0.779. The van der Waals surface area contributed by atoms with Gasteiger partial charge in [0.05, 0.1) is 0 Å². The number of aromatic nitrogens is 1. The molecule has 0 bridgehead atoms. The van der Waals surface area contributed by atoms with Gasteiger partial charge < -0.3 is 10.2 Å². The summed E-state index contributed by atoms with van der Waals surface area (Å²) >= 11 is 0. The van der Waals surface area contributed by atoms with Crippen LogP contribution in [0.1, 0.15) is 18.4 Å². The van der Waals surface area contributed by atoms with E-state index in [0.29, 0.717) is 0 Å². The Hall–Kier alpha value is -1.09. The summed E-state index contributed by atoms with van der Waals surface area (Å²) in [6, 6.07) is 4.96. The molecule has 2 rings (SSSR count). The lowest BCUT2D eigenvalue weighted by atomic mass is 10.3. The van der Waals surface area contributed by atoms with Crippen LogP contribution in [0, 0.1) is 0 Å². The zero-order valence-corrected chi connectivity index (χ0v) is 8.83. The van der Waals surface area contributed by atoms with Crippen LogP contribution < -0.4 is 10.2 Å². The zero-order chi connectivity index (χ0) is 9.97. The number of nitrogens with zero attached hydrogens (tertiary/aromatic N) is 2. The van der Waals surface area contributed by atoms with E-state index in [-0.39, 0.29) is 0 Å². The summed E-state index contributed by atoms with van der Waals surface area (Å²) in [6.45, 7) is 0.950. The maximum Gasteiger partial charge on any atom is 0.127 e. The second-order valence-corrected chi connectivity index (χ2v) is 4.07. The minimum Gasteiger partial charge on any atom is -0.363 e. The fraction of sp³-hybridized carbons (Fsp3) is 0.545. The predicted octanol–water partition coefficient (Wildman–Crippen LogP) is 1.40. The van der Waals surface area contributed by atoms with Gasteiger partial charge in [-0.25, -0.2) is 4.98 Å². The third-order valence-electron chi connectivity index (χ3n) is 2.44. The Labute approximate surface area is 85.1 Å². The molecule has 14 heavy (non-hydrogen) atoms. The van der Waals surface area contributed by atoms with E-state index in [1.807, 2.05) is 25.2 Å². The molecule has 1 heterocycles. The van der Waals surface area contributed by atoms with Gasteiger partial charge in [0, 0.05) is 32.9 Å². The van der Waals surface area contributed by atoms with Gasteiger partial charge in [-0.3, -0.25) is 0 Å². The van der Waals surface area contributed by atoms with E-state index in [4.69, 9.17) is 0 Å². The summed E-state index contributed by atoms with van der Waals surface area (Å²) in [7, 11) is 4.01. The maximum atomic E-state index is 4.36. The first-order chi connectivity index (χ1) is 6.75. The molecule has 1 fully saturated rings. The lowest BCUT2D eigenvalue weighted by Crippen LogP contribution is -2.16. The smallest absolute Gasteiger partial charge is 0.127 e. The number of rotatable bonds is 4. The van der Waals surface area contributed by atoms with Gasteiger partial charge in [-0.2, -0.15) is 0 Å². The number of nitrogens with one attached hydrogen (secondary N) is 1. The van der Waals surface area contributed by atoms with E-state index in [2.05, 4.69) is 22.4 Å². The predicted molar refractivity (Wildman–Crippen MR) is 58.4 cm³/mol. The maximum absolute atomic E-state index is 4.36. The minimum atomic E-state index is 0.767. The number of hydrogen-bond donors (Lipinski definition) is 1. The summed E-state index contributed by atoms with van der Waals surface area (Å²) in [5.74, 6) is 1.01. The highest BCUT2D eigenvalue weighted by Crippen LogP contribution is 2.19. The lowest BCUT2D eigenvalue weighted by Gasteiger charge is -2.11. The first-order valence-electron chi connectivity index (χ1n) is 5.11. The highest BCUT2D eigenvalue weighted by molar-refractivity contribution is 5.37. The molecule has 0 radical (unpaired) electrons. The largest absolute Gasteiger partial charge is 0.363 e. The fourth-order valence-electron chi connectivity index (χ4n) is 1.34. The molecule has 0 saturated heterocycles. The van der Waals surface area contributed by atoms with Crippen LogP contribution in [0.25, 0.3) is 0 Å². The topological polar surface area (TPSA) is 28.2 Å². The van der Waals surface area contributed by atoms with Gasteiger partial charge in [0.1, 0.15) is 5.82 Å². The Kier molecular flexibility index (Phi) is 2.68. The van der Waals surface area contributed by atoms with Gasteiger partial charge >= 0.3 is 0 Å². The fourth-order valence-corrected chi connectivity index (χ4v) is 1.34. The van der Waals surface area contributed by atoms with Crippen LogP contribution in [0.4, 0.5) is 5.82 Å². The molecule has 0 amide bonds. The van der Waals surface area contributed by atoms with Crippen molar-refractivity contribution in [1.29, 1.82) is 0 Å². The molecular formula is C11H17N3. The Bertz CT molecular complexity index is 288. The normalized spacial score (nSPS) is 15.6. The monoisotopic (exact) mass is 191 g/mol. The van der Waals surface area contributed by atoms with Gasteiger partial charge in [-0.05, 0) is 24.5 Å². The van der Waals surface area contributed by atoms with Crippen LogP contribution in [-0.2, 0) is 6.54 Å². The molecule has 76 valence electrons. The van der Waals surface area contributed by atoms with Crippen molar-refractivity contribution < 1.29 is 0 Å². The first kappa shape index (κ1) is 9.46. The molecule has 0 spiro atoms. The number of pyridine rings is 1. The van der Waals surface area contributed by atoms with Gasteiger partial charge in [0.25, 0.3) is 0 Å². The third-order valence-corrected chi connectivity index (χ3v) is 2.44. The molecule has 0 atom stereocenters. The van der Waals surface area contributed by atoms with Crippen LogP contribution in [0.5, 0.6) is 0 Å². The van der Waals surface area contributed by atoms with Crippen molar-refractivity contribution in [2.45, 2.75) is 25.4 Å². The molecule has 1 aromatic heterocycles. The molecule has 3 nitrogen and oxygen atoms in total. The van der Waals surface area contributed by atoms with E-state index in [1.54, 1.807) is 0 Å². The molecule has 1 aromatic rings. The Morgan fingerprint density at radius 3 is 2.71 bits per heavy atom. The van der Waals surface area contributed by atoms with E-state index < -0.39 is 0 Å². The van der Waals surface area contributed by atoms with Gasteiger partial charge in [0.15, 0.2) is 0 Å². The Balaban J connectivity index is 1.91. The van der Waals surface area contributed by atoms with Gasteiger partial charge in [-0.1, -0.05) is 6.07 Å². The van der Waals surface area contributed by atoms with Crippen molar-refractivity contribution >= 4 is 5.82 Å². The minimum absolute atomic E-state index is 0.767. The average molecular weight is 191 g/mol. The highest BCUT2D eigenvalue weighted by atomic mass is 15.1. The highest BCUT2D eigenvalue weighted by Gasteiger charge is 2.19. The SMILES string of the molecule is CN(C)c1ccc(CNC2CC2)cn1. The van der Waals surface area contributed by atoms with Crippen LogP contribution >= 0.6 is 0 Å². The molecule has 1 aliphatic rings.